The number of nitrogens with zero attached hydrogens (tertiary/aromatic N) is 3. The number of hydrogen-bond acceptors (Lipinski definition) is 4. The Morgan fingerprint density at radius 3 is 2.12 bits per heavy atom. The van der Waals surface area contributed by atoms with E-state index in [-0.39, 0.29) is 17.6 Å². The average molecular weight is 456 g/mol. The number of piperazine rings is 1. The molecule has 0 aliphatic carbocycles. The molecule has 0 saturated carbocycles. The van der Waals surface area contributed by atoms with Gasteiger partial charge in [0.15, 0.2) is 0 Å². The minimum absolute atomic E-state index is 0.0261. The zero-order chi connectivity index (χ0) is 24.0. The molecule has 2 amide bonds. The number of benzene rings is 2. The summed E-state index contributed by atoms with van der Waals surface area (Å²) in [7, 11) is 1.60. The van der Waals surface area contributed by atoms with Gasteiger partial charge >= 0.3 is 0 Å². The van der Waals surface area contributed by atoms with Crippen LogP contribution < -0.4 is 4.74 Å². The third kappa shape index (κ3) is 6.78. The quantitative estimate of drug-likeness (QED) is 0.639. The molecule has 33 heavy (non-hydrogen) atoms. The van der Waals surface area contributed by atoms with E-state index in [4.69, 9.17) is 4.74 Å². The first-order valence-corrected chi connectivity index (χ1v) is 11.4. The lowest BCUT2D eigenvalue weighted by molar-refractivity contribution is -0.140. The molecule has 1 aliphatic rings. The third-order valence-corrected chi connectivity index (χ3v) is 5.90. The first-order chi connectivity index (χ1) is 15.7. The summed E-state index contributed by atoms with van der Waals surface area (Å²) in [5.41, 5.74) is 1.07. The molecule has 0 aromatic heterocycles. The molecular weight excluding hydrogens is 421 g/mol. The van der Waals surface area contributed by atoms with Gasteiger partial charge in [0.2, 0.25) is 5.91 Å². The Morgan fingerprint density at radius 1 is 0.970 bits per heavy atom. The SMILES string of the molecule is COc1ccc(C(=O)N2CCN(CCN(Cc3ccc(F)cc3)C(=O)C(C)(C)C)CC2)cc1. The fourth-order valence-electron chi connectivity index (χ4n) is 3.89. The average Bonchev–Trinajstić information content (AvgIpc) is 2.82. The Balaban J connectivity index is 1.55. The molecule has 0 bridgehead atoms. The van der Waals surface area contributed by atoms with Crippen LogP contribution >= 0.6 is 0 Å². The number of ether oxygens (including phenoxy) is 1. The zero-order valence-electron chi connectivity index (χ0n) is 20.0. The predicted octanol–water partition coefficient (Wildman–Crippen LogP) is 3.67. The van der Waals surface area contributed by atoms with Crippen molar-refractivity contribution in [2.24, 2.45) is 5.41 Å². The van der Waals surface area contributed by atoms with Gasteiger partial charge in [-0.15, -0.1) is 0 Å². The smallest absolute Gasteiger partial charge is 0.253 e. The number of rotatable bonds is 7. The van der Waals surface area contributed by atoms with E-state index in [1.54, 1.807) is 43.5 Å². The van der Waals surface area contributed by atoms with Crippen LogP contribution in [0, 0.1) is 11.2 Å². The van der Waals surface area contributed by atoms with Gasteiger partial charge < -0.3 is 14.5 Å². The van der Waals surface area contributed by atoms with Gasteiger partial charge in [-0.25, -0.2) is 4.39 Å². The van der Waals surface area contributed by atoms with Gasteiger partial charge in [0.05, 0.1) is 7.11 Å². The van der Waals surface area contributed by atoms with Crippen molar-refractivity contribution in [3.63, 3.8) is 0 Å². The van der Waals surface area contributed by atoms with Crippen LogP contribution in [-0.2, 0) is 11.3 Å². The van der Waals surface area contributed by atoms with Crippen molar-refractivity contribution < 1.29 is 18.7 Å². The Morgan fingerprint density at radius 2 is 1.58 bits per heavy atom. The van der Waals surface area contributed by atoms with E-state index in [0.29, 0.717) is 31.7 Å². The van der Waals surface area contributed by atoms with Crippen LogP contribution in [0.15, 0.2) is 48.5 Å². The van der Waals surface area contributed by atoms with Crippen LogP contribution in [0.4, 0.5) is 4.39 Å². The summed E-state index contributed by atoms with van der Waals surface area (Å²) >= 11 is 0. The van der Waals surface area contributed by atoms with Gasteiger partial charge in [0.1, 0.15) is 11.6 Å². The highest BCUT2D eigenvalue weighted by molar-refractivity contribution is 5.94. The number of methoxy groups -OCH3 is 1. The molecule has 2 aromatic rings. The lowest BCUT2D eigenvalue weighted by atomic mass is 9.94. The molecule has 178 valence electrons. The molecular formula is C26H34FN3O3. The fraction of sp³-hybridized carbons (Fsp3) is 0.462. The molecule has 6 nitrogen and oxygen atoms in total. The summed E-state index contributed by atoms with van der Waals surface area (Å²) < 4.78 is 18.4. The first-order valence-electron chi connectivity index (χ1n) is 11.4. The second kappa shape index (κ2) is 10.8. The van der Waals surface area contributed by atoms with Gasteiger partial charge in [0, 0.05) is 56.8 Å². The van der Waals surface area contributed by atoms with Crippen molar-refractivity contribution in [2.75, 3.05) is 46.4 Å². The fourth-order valence-corrected chi connectivity index (χ4v) is 3.89. The topological polar surface area (TPSA) is 53.1 Å². The Labute approximate surface area is 195 Å². The van der Waals surface area contributed by atoms with E-state index in [9.17, 15) is 14.0 Å². The standard InChI is InChI=1S/C26H34FN3O3/c1-26(2,3)25(32)30(19-20-5-9-22(27)10-6-20)18-15-28-13-16-29(17-14-28)24(31)21-7-11-23(33-4)12-8-21/h5-12H,13-19H2,1-4H3. The van der Waals surface area contributed by atoms with Crippen LogP contribution in [0.5, 0.6) is 5.75 Å². The van der Waals surface area contributed by atoms with Crippen molar-refractivity contribution in [3.8, 4) is 5.75 Å². The van der Waals surface area contributed by atoms with E-state index in [1.807, 2.05) is 30.6 Å². The molecule has 0 spiro atoms. The maximum atomic E-state index is 13.3. The molecule has 0 unspecified atom stereocenters. The normalized spacial score (nSPS) is 14.8. The molecule has 0 N–H and O–H groups in total. The maximum Gasteiger partial charge on any atom is 0.253 e. The third-order valence-electron chi connectivity index (χ3n) is 5.90. The van der Waals surface area contributed by atoms with Crippen molar-refractivity contribution in [2.45, 2.75) is 27.3 Å². The Hall–Kier alpha value is -2.93. The van der Waals surface area contributed by atoms with Crippen LogP contribution in [0.1, 0.15) is 36.7 Å². The monoisotopic (exact) mass is 455 g/mol. The van der Waals surface area contributed by atoms with E-state index in [1.165, 1.54) is 12.1 Å². The summed E-state index contributed by atoms with van der Waals surface area (Å²) in [6.45, 7) is 10.3. The van der Waals surface area contributed by atoms with E-state index in [2.05, 4.69) is 4.90 Å². The minimum atomic E-state index is -0.497. The highest BCUT2D eigenvalue weighted by atomic mass is 19.1. The van der Waals surface area contributed by atoms with Crippen molar-refractivity contribution >= 4 is 11.8 Å². The summed E-state index contributed by atoms with van der Waals surface area (Å²) in [5.74, 6) is 0.541. The lowest BCUT2D eigenvalue weighted by Gasteiger charge is -2.37. The Bertz CT molecular complexity index is 931. The van der Waals surface area contributed by atoms with Crippen LogP contribution in [-0.4, -0.2) is 72.9 Å². The van der Waals surface area contributed by atoms with Crippen molar-refractivity contribution in [3.05, 3.63) is 65.5 Å². The molecule has 0 atom stereocenters. The number of halogens is 1. The van der Waals surface area contributed by atoms with E-state index in [0.717, 1.165) is 30.9 Å². The highest BCUT2D eigenvalue weighted by Crippen LogP contribution is 2.20. The second-order valence-electron chi connectivity index (χ2n) is 9.47. The lowest BCUT2D eigenvalue weighted by Crippen LogP contribution is -2.51. The molecule has 0 radical (unpaired) electrons. The molecule has 1 heterocycles. The zero-order valence-corrected chi connectivity index (χ0v) is 20.0. The minimum Gasteiger partial charge on any atom is -0.497 e. The summed E-state index contributed by atoms with van der Waals surface area (Å²) in [4.78, 5) is 31.8. The second-order valence-corrected chi connectivity index (χ2v) is 9.47. The van der Waals surface area contributed by atoms with Gasteiger partial charge in [0.25, 0.3) is 5.91 Å². The first kappa shape index (κ1) is 24.7. The van der Waals surface area contributed by atoms with Crippen molar-refractivity contribution in [1.29, 1.82) is 0 Å². The summed E-state index contributed by atoms with van der Waals surface area (Å²) in [6, 6.07) is 13.5. The Kier molecular flexibility index (Phi) is 8.08. The largest absolute Gasteiger partial charge is 0.497 e. The van der Waals surface area contributed by atoms with Crippen LogP contribution in [0.25, 0.3) is 0 Å². The van der Waals surface area contributed by atoms with Crippen LogP contribution in [0.3, 0.4) is 0 Å². The summed E-state index contributed by atoms with van der Waals surface area (Å²) in [6.07, 6.45) is 0. The molecule has 1 fully saturated rings. The number of carbonyl (C=O) groups excluding carboxylic acids is 2. The van der Waals surface area contributed by atoms with Gasteiger partial charge in [-0.2, -0.15) is 0 Å². The molecule has 3 rings (SSSR count). The molecule has 1 saturated heterocycles. The molecule has 1 aliphatic heterocycles. The number of amides is 2. The van der Waals surface area contributed by atoms with Gasteiger partial charge in [-0.05, 0) is 42.0 Å². The predicted molar refractivity (Wildman–Crippen MR) is 127 cm³/mol. The van der Waals surface area contributed by atoms with Gasteiger partial charge in [-0.1, -0.05) is 32.9 Å². The maximum absolute atomic E-state index is 13.3. The molecule has 2 aromatic carbocycles. The number of carbonyl (C=O) groups is 2. The summed E-state index contributed by atoms with van der Waals surface area (Å²) in [5, 5.41) is 0. The molecule has 7 heteroatoms. The highest BCUT2D eigenvalue weighted by Gasteiger charge is 2.28. The van der Waals surface area contributed by atoms with E-state index >= 15 is 0 Å². The van der Waals surface area contributed by atoms with Crippen molar-refractivity contribution in [1.82, 2.24) is 14.7 Å². The van der Waals surface area contributed by atoms with Gasteiger partial charge in [-0.3, -0.25) is 14.5 Å². The number of hydrogen-bond donors (Lipinski definition) is 0. The van der Waals surface area contributed by atoms with Crippen LogP contribution in [0.2, 0.25) is 0 Å². The van der Waals surface area contributed by atoms with E-state index < -0.39 is 5.41 Å².